The number of esters is 1. The number of thioether (sulfide) groups is 1. The zero-order valence-electron chi connectivity index (χ0n) is 15.5. The molecule has 0 fully saturated rings. The molecule has 0 saturated heterocycles. The van der Waals surface area contributed by atoms with Gasteiger partial charge in [0.2, 0.25) is 0 Å². The Morgan fingerprint density at radius 1 is 1.15 bits per heavy atom. The number of para-hydroxylation sites is 1. The summed E-state index contributed by atoms with van der Waals surface area (Å²) in [5.41, 5.74) is 4.43. The summed E-state index contributed by atoms with van der Waals surface area (Å²) in [5.74, 6) is -0.836. The molecule has 0 aliphatic rings. The highest BCUT2D eigenvalue weighted by Crippen LogP contribution is 2.27. The van der Waals surface area contributed by atoms with Crippen molar-refractivity contribution in [2.45, 2.75) is 25.2 Å². The van der Waals surface area contributed by atoms with Crippen LogP contribution in [0.4, 0.5) is 5.69 Å². The van der Waals surface area contributed by atoms with Crippen LogP contribution in [0.5, 0.6) is 0 Å². The first kappa shape index (κ1) is 19.0. The minimum Gasteiger partial charge on any atom is -0.464 e. The van der Waals surface area contributed by atoms with E-state index in [0.717, 1.165) is 32.6 Å². The first-order chi connectivity index (χ1) is 13.0. The van der Waals surface area contributed by atoms with Crippen molar-refractivity contribution in [1.29, 1.82) is 0 Å². The first-order valence-electron chi connectivity index (χ1n) is 8.54. The van der Waals surface area contributed by atoms with E-state index < -0.39 is 5.97 Å². The molecule has 3 rings (SSSR count). The maximum absolute atomic E-state index is 12.1. The number of anilines is 1. The van der Waals surface area contributed by atoms with Crippen molar-refractivity contribution in [3.63, 3.8) is 0 Å². The van der Waals surface area contributed by atoms with E-state index >= 15 is 0 Å². The second-order valence-corrected chi connectivity index (χ2v) is 7.08. The lowest BCUT2D eigenvalue weighted by molar-refractivity contribution is -0.146. The highest BCUT2D eigenvalue weighted by molar-refractivity contribution is 7.98. The fourth-order valence-electron chi connectivity index (χ4n) is 2.81. The average molecular weight is 383 g/mol. The number of amides is 1. The number of carbonyl (C=O) groups is 2. The summed E-state index contributed by atoms with van der Waals surface area (Å²) < 4.78 is 10.7. The molecule has 0 unspecified atom stereocenters. The van der Waals surface area contributed by atoms with Crippen molar-refractivity contribution in [2.75, 3.05) is 18.2 Å². The fraction of sp³-hybridized carbons (Fsp3) is 0.238. The lowest BCUT2D eigenvalue weighted by Gasteiger charge is -2.09. The van der Waals surface area contributed by atoms with Gasteiger partial charge in [0.15, 0.2) is 6.61 Å². The molecular weight excluding hydrogens is 362 g/mol. The Morgan fingerprint density at radius 3 is 2.70 bits per heavy atom. The number of nitrogens with one attached hydrogen (secondary N) is 1. The minimum absolute atomic E-state index is 0.0597. The van der Waals surface area contributed by atoms with Crippen LogP contribution in [0.2, 0.25) is 0 Å². The molecule has 27 heavy (non-hydrogen) atoms. The average Bonchev–Trinajstić information content (AvgIpc) is 3.07. The van der Waals surface area contributed by atoms with E-state index in [0.29, 0.717) is 5.69 Å². The van der Waals surface area contributed by atoms with E-state index in [1.54, 1.807) is 6.26 Å². The largest absolute Gasteiger partial charge is 0.464 e. The molecule has 0 aliphatic carbocycles. The van der Waals surface area contributed by atoms with Gasteiger partial charge in [-0.2, -0.15) is 0 Å². The molecule has 2 aromatic carbocycles. The first-order valence-corrected chi connectivity index (χ1v) is 9.77. The lowest BCUT2D eigenvalue weighted by atomic mass is 10.0. The molecular formula is C21H21NO4S. The van der Waals surface area contributed by atoms with Crippen molar-refractivity contribution in [3.8, 4) is 0 Å². The van der Waals surface area contributed by atoms with Gasteiger partial charge in [0, 0.05) is 15.8 Å². The molecule has 0 saturated carbocycles. The van der Waals surface area contributed by atoms with Crippen molar-refractivity contribution >= 4 is 40.3 Å². The summed E-state index contributed by atoms with van der Waals surface area (Å²) in [6, 6.07) is 11.4. The topological polar surface area (TPSA) is 68.5 Å². The maximum Gasteiger partial charge on any atom is 0.310 e. The molecule has 1 N–H and O–H groups in total. The number of benzene rings is 2. The smallest absolute Gasteiger partial charge is 0.310 e. The Hall–Kier alpha value is -2.73. The Balaban J connectivity index is 1.58. The number of rotatable bonds is 6. The monoisotopic (exact) mass is 383 g/mol. The number of ether oxygens (including phenoxy) is 1. The summed E-state index contributed by atoms with van der Waals surface area (Å²) in [7, 11) is 0. The van der Waals surface area contributed by atoms with Crippen LogP contribution in [0.1, 0.15) is 16.7 Å². The Bertz CT molecular complexity index is 993. The second kappa shape index (κ2) is 8.31. The highest BCUT2D eigenvalue weighted by atomic mass is 32.2. The quantitative estimate of drug-likeness (QED) is 0.501. The molecule has 6 heteroatoms. The second-order valence-electron chi connectivity index (χ2n) is 6.23. The molecule has 3 aromatic rings. The lowest BCUT2D eigenvalue weighted by Crippen LogP contribution is -2.21. The number of aryl methyl sites for hydroxylation is 2. The van der Waals surface area contributed by atoms with Crippen LogP contribution in [0.15, 0.2) is 52.0 Å². The van der Waals surface area contributed by atoms with Crippen LogP contribution in [0.25, 0.3) is 11.0 Å². The summed E-state index contributed by atoms with van der Waals surface area (Å²) in [5, 5.41) is 3.66. The number of furan rings is 1. The molecule has 0 atom stereocenters. The van der Waals surface area contributed by atoms with E-state index in [9.17, 15) is 9.59 Å². The SMILES string of the molecule is CSc1ccccc1NC(=O)COC(=O)Cc1coc2c(C)c(C)ccc12. The highest BCUT2D eigenvalue weighted by Gasteiger charge is 2.15. The molecule has 0 spiro atoms. The Morgan fingerprint density at radius 2 is 1.93 bits per heavy atom. The molecule has 1 aromatic heterocycles. The van der Waals surface area contributed by atoms with Gasteiger partial charge in [0.25, 0.3) is 5.91 Å². The number of fused-ring (bicyclic) bond motifs is 1. The third-order valence-corrected chi connectivity index (χ3v) is 5.22. The van der Waals surface area contributed by atoms with Crippen LogP contribution in [-0.2, 0) is 20.7 Å². The fourth-order valence-corrected chi connectivity index (χ4v) is 3.37. The van der Waals surface area contributed by atoms with Gasteiger partial charge in [-0.05, 0) is 43.4 Å². The normalized spacial score (nSPS) is 10.8. The molecule has 0 radical (unpaired) electrons. The summed E-state index contributed by atoms with van der Waals surface area (Å²) in [6.45, 7) is 3.68. The van der Waals surface area contributed by atoms with Gasteiger partial charge in [-0.1, -0.05) is 24.3 Å². The van der Waals surface area contributed by atoms with E-state index in [-0.39, 0.29) is 18.9 Å². The summed E-state index contributed by atoms with van der Waals surface area (Å²) in [4.78, 5) is 25.2. The van der Waals surface area contributed by atoms with Crippen LogP contribution in [0.3, 0.4) is 0 Å². The van der Waals surface area contributed by atoms with Crippen molar-refractivity contribution in [1.82, 2.24) is 0 Å². The molecule has 0 aliphatic heterocycles. The number of carbonyl (C=O) groups excluding carboxylic acids is 2. The third-order valence-electron chi connectivity index (χ3n) is 4.42. The zero-order valence-corrected chi connectivity index (χ0v) is 16.3. The van der Waals surface area contributed by atoms with Gasteiger partial charge in [-0.25, -0.2) is 0 Å². The summed E-state index contributed by atoms with van der Waals surface area (Å²) >= 11 is 1.53. The van der Waals surface area contributed by atoms with Crippen LogP contribution in [-0.4, -0.2) is 24.7 Å². The third kappa shape index (κ3) is 4.34. The Labute approximate surface area is 162 Å². The molecule has 5 nitrogen and oxygen atoms in total. The van der Waals surface area contributed by atoms with Gasteiger partial charge in [-0.3, -0.25) is 9.59 Å². The minimum atomic E-state index is -0.468. The standard InChI is InChI=1S/C21H21NO4S/c1-13-8-9-16-15(11-26-21(16)14(13)2)10-20(24)25-12-19(23)22-17-6-4-5-7-18(17)27-3/h4-9,11H,10,12H2,1-3H3,(H,22,23). The molecule has 1 heterocycles. The Kier molecular flexibility index (Phi) is 5.86. The van der Waals surface area contributed by atoms with Gasteiger partial charge >= 0.3 is 5.97 Å². The molecule has 1 amide bonds. The van der Waals surface area contributed by atoms with Gasteiger partial charge in [-0.15, -0.1) is 11.8 Å². The van der Waals surface area contributed by atoms with Gasteiger partial charge < -0.3 is 14.5 Å². The van der Waals surface area contributed by atoms with Crippen molar-refractivity contribution in [3.05, 3.63) is 59.4 Å². The number of hydrogen-bond acceptors (Lipinski definition) is 5. The van der Waals surface area contributed by atoms with Crippen molar-refractivity contribution < 1.29 is 18.7 Å². The number of hydrogen-bond donors (Lipinski definition) is 1. The van der Waals surface area contributed by atoms with E-state index in [4.69, 9.17) is 9.15 Å². The maximum atomic E-state index is 12.1. The summed E-state index contributed by atoms with van der Waals surface area (Å²) in [6.07, 6.45) is 3.57. The predicted octanol–water partition coefficient (Wildman–Crippen LogP) is 4.50. The van der Waals surface area contributed by atoms with E-state index in [1.165, 1.54) is 11.8 Å². The predicted molar refractivity (Wildman–Crippen MR) is 107 cm³/mol. The molecule has 140 valence electrons. The zero-order chi connectivity index (χ0) is 19.4. The van der Waals surface area contributed by atoms with Gasteiger partial charge in [0.05, 0.1) is 18.4 Å². The van der Waals surface area contributed by atoms with Crippen LogP contribution >= 0.6 is 11.8 Å². The van der Waals surface area contributed by atoms with Crippen molar-refractivity contribution in [2.24, 2.45) is 0 Å². The van der Waals surface area contributed by atoms with Gasteiger partial charge in [0.1, 0.15) is 5.58 Å². The van der Waals surface area contributed by atoms with E-state index in [1.807, 2.05) is 56.5 Å². The van der Waals surface area contributed by atoms with Crippen LogP contribution < -0.4 is 5.32 Å². The van der Waals surface area contributed by atoms with Crippen LogP contribution in [0, 0.1) is 13.8 Å². The van der Waals surface area contributed by atoms with E-state index in [2.05, 4.69) is 5.32 Å². The molecule has 0 bridgehead atoms.